The fraction of sp³-hybridized carbons (Fsp3) is 0.310. The fourth-order valence-electron chi connectivity index (χ4n) is 2.83. The van der Waals surface area contributed by atoms with E-state index in [1.807, 2.05) is 27.7 Å². The fourth-order valence-corrected chi connectivity index (χ4v) is 3.51. The van der Waals surface area contributed by atoms with Crippen molar-refractivity contribution >= 4 is 38.1 Å². The molecule has 4 rings (SSSR count). The lowest BCUT2D eigenvalue weighted by Crippen LogP contribution is -1.96. The van der Waals surface area contributed by atoms with Crippen LogP contribution in [0.1, 0.15) is 54.4 Å². The molecular weight excluding hydrogens is 472 g/mol. The molecule has 36 heavy (non-hydrogen) atoms. The van der Waals surface area contributed by atoms with Gasteiger partial charge in [-0.25, -0.2) is 0 Å². The van der Waals surface area contributed by atoms with Crippen LogP contribution in [0, 0.1) is 0 Å². The molecule has 0 aliphatic carbocycles. The van der Waals surface area contributed by atoms with Gasteiger partial charge in [-0.2, -0.15) is 10.2 Å². The van der Waals surface area contributed by atoms with Crippen molar-refractivity contribution in [3.8, 4) is 5.75 Å². The highest BCUT2D eigenvalue weighted by molar-refractivity contribution is 8.19. The van der Waals surface area contributed by atoms with Crippen molar-refractivity contribution < 1.29 is 18.8 Å². The molecule has 0 aromatic heterocycles. The second-order valence-corrected chi connectivity index (χ2v) is 8.44. The Morgan fingerprint density at radius 3 is 1.42 bits per heavy atom. The first-order chi connectivity index (χ1) is 17.3. The molecule has 0 aliphatic rings. The standard InChI is InChI=1S/C11H12N2O4S.C10H8.C4H10.2C2H6/c1-12-13-10-9(18(15,16)17)6-7-4-2-3-5-8(7)11(10)14;1-2-6-10-8-4-3-7-9(10)5-1;1-3-4-2;2*1-2/h2-6,14-17H,1H3;1-8H;3-4H2,1-2H3;2*1-2H3. The first kappa shape index (κ1) is 33.0. The maximum Gasteiger partial charge on any atom is 0.152 e. The van der Waals surface area contributed by atoms with Crippen LogP contribution in [-0.2, 0) is 0 Å². The zero-order chi connectivity index (χ0) is 27.6. The van der Waals surface area contributed by atoms with Crippen molar-refractivity contribution in [1.82, 2.24) is 0 Å². The first-order valence-corrected chi connectivity index (χ1v) is 13.8. The average molecular weight is 515 g/mol. The Hall–Kier alpha value is -2.97. The molecule has 6 nitrogen and oxygen atoms in total. The molecule has 0 amide bonds. The van der Waals surface area contributed by atoms with E-state index in [0.29, 0.717) is 10.8 Å². The third-order valence-electron chi connectivity index (χ3n) is 4.61. The SMILES string of the molecule is CC.CC.CCCC.CN=Nc1c(S(O)(O)O)cc2ccccc2c1O.c1ccc2ccccc2c1. The Morgan fingerprint density at radius 1 is 0.667 bits per heavy atom. The number of phenolic OH excluding ortho intramolecular Hbond substituents is 1. The van der Waals surface area contributed by atoms with Gasteiger partial charge in [0, 0.05) is 12.4 Å². The van der Waals surface area contributed by atoms with E-state index in [0.717, 1.165) is 0 Å². The zero-order valence-electron chi connectivity index (χ0n) is 22.5. The lowest BCUT2D eigenvalue weighted by atomic mass is 10.1. The van der Waals surface area contributed by atoms with Crippen LogP contribution in [0.25, 0.3) is 21.5 Å². The average Bonchev–Trinajstić information content (AvgIpc) is 2.92. The number of benzene rings is 4. The number of hydrogen-bond acceptors (Lipinski definition) is 6. The van der Waals surface area contributed by atoms with Crippen LogP contribution in [0.4, 0.5) is 5.69 Å². The van der Waals surface area contributed by atoms with Crippen LogP contribution in [0.5, 0.6) is 5.75 Å². The van der Waals surface area contributed by atoms with Crippen molar-refractivity contribution in [1.29, 1.82) is 0 Å². The van der Waals surface area contributed by atoms with Gasteiger partial charge >= 0.3 is 0 Å². The van der Waals surface area contributed by atoms with Gasteiger partial charge in [0.1, 0.15) is 16.6 Å². The van der Waals surface area contributed by atoms with E-state index in [1.54, 1.807) is 24.3 Å². The van der Waals surface area contributed by atoms with Crippen molar-refractivity contribution in [2.24, 2.45) is 10.2 Å². The van der Waals surface area contributed by atoms with Crippen molar-refractivity contribution in [2.75, 3.05) is 7.05 Å². The second kappa shape index (κ2) is 18.3. The Balaban J connectivity index is 0.000000571. The molecular formula is C29H42N2O4S. The van der Waals surface area contributed by atoms with E-state index in [-0.39, 0.29) is 16.3 Å². The molecule has 0 saturated carbocycles. The zero-order valence-corrected chi connectivity index (χ0v) is 23.3. The van der Waals surface area contributed by atoms with Gasteiger partial charge in [-0.1, -0.05) is 127 Å². The monoisotopic (exact) mass is 514 g/mol. The maximum atomic E-state index is 10.1. The van der Waals surface area contributed by atoms with E-state index in [2.05, 4.69) is 72.6 Å². The molecule has 0 aliphatic heterocycles. The van der Waals surface area contributed by atoms with E-state index >= 15 is 0 Å². The Morgan fingerprint density at radius 2 is 1.06 bits per heavy atom. The summed E-state index contributed by atoms with van der Waals surface area (Å²) in [6.45, 7) is 12.4. The Kier molecular flexibility index (Phi) is 16.8. The largest absolute Gasteiger partial charge is 0.505 e. The summed E-state index contributed by atoms with van der Waals surface area (Å²) in [5.74, 6) is -0.247. The third kappa shape index (κ3) is 10.3. The highest BCUT2D eigenvalue weighted by atomic mass is 32.3. The normalized spacial score (nSPS) is 10.6. The van der Waals surface area contributed by atoms with Gasteiger partial charge < -0.3 is 18.8 Å². The van der Waals surface area contributed by atoms with Crippen LogP contribution in [0.2, 0.25) is 0 Å². The van der Waals surface area contributed by atoms with Crippen LogP contribution < -0.4 is 0 Å². The number of aromatic hydroxyl groups is 1. The summed E-state index contributed by atoms with van der Waals surface area (Å²) in [4.78, 5) is -0.246. The van der Waals surface area contributed by atoms with Gasteiger partial charge in [0.05, 0.1) is 4.90 Å². The summed E-state index contributed by atoms with van der Waals surface area (Å²) in [5, 5.41) is 20.9. The van der Waals surface area contributed by atoms with Crippen molar-refractivity contribution in [3.05, 3.63) is 78.9 Å². The molecule has 0 unspecified atom stereocenters. The lowest BCUT2D eigenvalue weighted by Gasteiger charge is -2.21. The van der Waals surface area contributed by atoms with E-state index in [4.69, 9.17) is 0 Å². The quantitative estimate of drug-likeness (QED) is 0.204. The number of unbranched alkanes of at least 4 members (excludes halogenated alkanes) is 1. The van der Waals surface area contributed by atoms with Gasteiger partial charge in [0.2, 0.25) is 0 Å². The number of nitrogens with zero attached hydrogens (tertiary/aromatic N) is 2. The van der Waals surface area contributed by atoms with Crippen LogP contribution >= 0.6 is 10.9 Å². The Labute approximate surface area is 217 Å². The number of hydrogen-bond donors (Lipinski definition) is 4. The molecule has 0 atom stereocenters. The van der Waals surface area contributed by atoms with Crippen molar-refractivity contribution in [3.63, 3.8) is 0 Å². The van der Waals surface area contributed by atoms with Crippen molar-refractivity contribution in [2.45, 2.75) is 59.3 Å². The van der Waals surface area contributed by atoms with Gasteiger partial charge in [-0.15, -0.1) is 0 Å². The topological polar surface area (TPSA) is 106 Å². The summed E-state index contributed by atoms with van der Waals surface area (Å²) in [6, 6.07) is 24.9. The van der Waals surface area contributed by atoms with Gasteiger partial charge in [-0.05, 0) is 22.2 Å². The highest BCUT2D eigenvalue weighted by Gasteiger charge is 2.24. The molecule has 0 radical (unpaired) electrons. The molecule has 0 saturated heterocycles. The predicted molar refractivity (Wildman–Crippen MR) is 157 cm³/mol. The summed E-state index contributed by atoms with van der Waals surface area (Å²) in [7, 11) is -2.61. The summed E-state index contributed by atoms with van der Waals surface area (Å²) in [6.07, 6.45) is 2.64. The minimum atomic E-state index is -3.98. The van der Waals surface area contributed by atoms with Crippen LogP contribution in [0.15, 0.2) is 94.0 Å². The lowest BCUT2D eigenvalue weighted by molar-refractivity contribution is 0.375. The number of azo groups is 1. The van der Waals surface area contributed by atoms with Crippen LogP contribution in [0.3, 0.4) is 0 Å². The molecule has 4 N–H and O–H groups in total. The molecule has 7 heteroatoms. The minimum absolute atomic E-state index is 0.140. The first-order valence-electron chi connectivity index (χ1n) is 12.3. The van der Waals surface area contributed by atoms with Crippen LogP contribution in [-0.4, -0.2) is 25.8 Å². The molecule has 0 bridgehead atoms. The summed E-state index contributed by atoms with van der Waals surface area (Å²) in [5.41, 5.74) is -0.140. The van der Waals surface area contributed by atoms with Gasteiger partial charge in [-0.3, -0.25) is 0 Å². The minimum Gasteiger partial charge on any atom is -0.505 e. The summed E-state index contributed by atoms with van der Waals surface area (Å²) >= 11 is 0. The molecule has 198 valence electrons. The van der Waals surface area contributed by atoms with E-state index < -0.39 is 10.9 Å². The third-order valence-corrected chi connectivity index (χ3v) is 5.52. The summed E-state index contributed by atoms with van der Waals surface area (Å²) < 4.78 is 28.1. The Bertz CT molecular complexity index is 1110. The smallest absolute Gasteiger partial charge is 0.152 e. The molecule has 0 fully saturated rings. The molecule has 4 aromatic rings. The molecule has 0 heterocycles. The molecule has 0 spiro atoms. The molecule has 4 aromatic carbocycles. The highest BCUT2D eigenvalue weighted by Crippen LogP contribution is 2.53. The second-order valence-electron chi connectivity index (χ2n) is 6.96. The number of phenols is 1. The van der Waals surface area contributed by atoms with E-state index in [9.17, 15) is 18.8 Å². The van der Waals surface area contributed by atoms with Gasteiger partial charge in [0.15, 0.2) is 5.75 Å². The van der Waals surface area contributed by atoms with E-state index in [1.165, 1.54) is 36.7 Å². The number of rotatable bonds is 3. The maximum absolute atomic E-state index is 10.1. The van der Waals surface area contributed by atoms with Gasteiger partial charge in [0.25, 0.3) is 0 Å². The predicted octanol–water partition coefficient (Wildman–Crippen LogP) is 10.5. The number of fused-ring (bicyclic) bond motifs is 2.